The molecule has 5 rings (SSSR count). The Bertz CT molecular complexity index is 865. The minimum absolute atomic E-state index is 0.299. The van der Waals surface area contributed by atoms with Crippen LogP contribution in [0.4, 0.5) is 5.69 Å². The van der Waals surface area contributed by atoms with E-state index in [0.29, 0.717) is 0 Å². The summed E-state index contributed by atoms with van der Waals surface area (Å²) in [6.07, 6.45) is 1.68. The second kappa shape index (κ2) is 4.21. The Hall–Kier alpha value is -2.59. The Balaban J connectivity index is 1.56. The molecular formula is C18H15N3O. The lowest BCUT2D eigenvalue weighted by Crippen LogP contribution is -2.56. The summed E-state index contributed by atoms with van der Waals surface area (Å²) >= 11 is 0. The molecule has 0 fully saturated rings. The molecular weight excluding hydrogens is 274 g/mol. The molecule has 1 unspecified atom stereocenters. The molecule has 1 spiro atoms. The molecule has 22 heavy (non-hydrogen) atoms. The van der Waals surface area contributed by atoms with Gasteiger partial charge in [-0.15, -0.1) is 5.48 Å². The lowest BCUT2D eigenvalue weighted by molar-refractivity contribution is 0.0849. The number of hydrogen-bond donors (Lipinski definition) is 2. The fourth-order valence-corrected chi connectivity index (χ4v) is 3.42. The zero-order valence-electron chi connectivity index (χ0n) is 12.0. The highest BCUT2D eigenvalue weighted by Crippen LogP contribution is 2.37. The van der Waals surface area contributed by atoms with Crippen molar-refractivity contribution in [3.63, 3.8) is 0 Å². The van der Waals surface area contributed by atoms with Gasteiger partial charge in [0.05, 0.1) is 11.2 Å². The lowest BCUT2D eigenvalue weighted by atomic mass is 9.97. The van der Waals surface area contributed by atoms with Crippen LogP contribution in [0.15, 0.2) is 54.6 Å². The summed E-state index contributed by atoms with van der Waals surface area (Å²) in [5, 5.41) is 4.66. The van der Waals surface area contributed by atoms with Gasteiger partial charge in [-0.3, -0.25) is 0 Å². The van der Waals surface area contributed by atoms with E-state index in [4.69, 9.17) is 9.82 Å². The quantitative estimate of drug-likeness (QED) is 0.668. The zero-order chi connectivity index (χ0) is 14.6. The highest BCUT2D eigenvalue weighted by molar-refractivity contribution is 5.80. The summed E-state index contributed by atoms with van der Waals surface area (Å²) in [5.74, 6) is 0.821. The number of para-hydroxylation sites is 2. The van der Waals surface area contributed by atoms with Crippen LogP contribution in [0.2, 0.25) is 0 Å². The first-order valence-electron chi connectivity index (χ1n) is 7.50. The summed E-state index contributed by atoms with van der Waals surface area (Å²) < 4.78 is 0. The number of hydrogen-bond acceptors (Lipinski definition) is 4. The third-order valence-corrected chi connectivity index (χ3v) is 4.47. The Kier molecular flexibility index (Phi) is 2.30. The molecule has 2 aromatic carbocycles. The van der Waals surface area contributed by atoms with Crippen molar-refractivity contribution < 1.29 is 4.84 Å². The van der Waals surface area contributed by atoms with Gasteiger partial charge in [-0.2, -0.15) is 0 Å². The van der Waals surface area contributed by atoms with Crippen molar-refractivity contribution in [3.8, 4) is 5.75 Å². The van der Waals surface area contributed by atoms with Crippen LogP contribution in [0.25, 0.3) is 10.9 Å². The van der Waals surface area contributed by atoms with E-state index in [-0.39, 0.29) is 5.66 Å². The normalized spacial score (nSPS) is 22.0. The van der Waals surface area contributed by atoms with Gasteiger partial charge in [-0.1, -0.05) is 36.4 Å². The molecule has 108 valence electrons. The third-order valence-electron chi connectivity index (χ3n) is 4.47. The van der Waals surface area contributed by atoms with E-state index in [1.165, 1.54) is 11.3 Å². The molecule has 4 nitrogen and oxygen atoms in total. The van der Waals surface area contributed by atoms with Crippen molar-refractivity contribution in [1.82, 2.24) is 10.5 Å². The van der Waals surface area contributed by atoms with E-state index in [2.05, 4.69) is 41.1 Å². The fraction of sp³-hybridized carbons (Fsp3) is 0.167. The van der Waals surface area contributed by atoms with Crippen molar-refractivity contribution >= 4 is 16.6 Å². The Labute approximate surface area is 128 Å². The smallest absolute Gasteiger partial charge is 0.169 e. The number of aromatic nitrogens is 1. The van der Waals surface area contributed by atoms with Gasteiger partial charge >= 0.3 is 0 Å². The first-order valence-corrected chi connectivity index (χ1v) is 7.50. The fourth-order valence-electron chi connectivity index (χ4n) is 3.42. The molecule has 4 heteroatoms. The van der Waals surface area contributed by atoms with Crippen LogP contribution in [0, 0.1) is 0 Å². The molecule has 1 aromatic heterocycles. The van der Waals surface area contributed by atoms with Crippen molar-refractivity contribution in [2.45, 2.75) is 18.5 Å². The average Bonchev–Trinajstić information content (AvgIpc) is 2.90. The van der Waals surface area contributed by atoms with Gasteiger partial charge < -0.3 is 10.2 Å². The van der Waals surface area contributed by atoms with Gasteiger partial charge in [-0.05, 0) is 23.8 Å². The van der Waals surface area contributed by atoms with Crippen LogP contribution in [-0.4, -0.2) is 10.6 Å². The summed E-state index contributed by atoms with van der Waals surface area (Å²) in [5.41, 5.74) is 7.40. The van der Waals surface area contributed by atoms with Crippen LogP contribution in [0.5, 0.6) is 5.75 Å². The molecule has 0 saturated heterocycles. The Morgan fingerprint density at radius 1 is 1.00 bits per heavy atom. The second-order valence-corrected chi connectivity index (χ2v) is 6.05. The van der Waals surface area contributed by atoms with E-state index in [9.17, 15) is 0 Å². The second-order valence-electron chi connectivity index (χ2n) is 6.05. The van der Waals surface area contributed by atoms with Gasteiger partial charge in [0.2, 0.25) is 0 Å². The molecule has 0 aliphatic carbocycles. The monoisotopic (exact) mass is 289 g/mol. The lowest BCUT2D eigenvalue weighted by Gasteiger charge is -2.35. The minimum Gasteiger partial charge on any atom is -0.404 e. The summed E-state index contributed by atoms with van der Waals surface area (Å²) in [6.45, 7) is 0. The summed E-state index contributed by atoms with van der Waals surface area (Å²) in [7, 11) is 0. The number of anilines is 1. The highest BCUT2D eigenvalue weighted by Gasteiger charge is 2.41. The molecule has 0 amide bonds. The summed E-state index contributed by atoms with van der Waals surface area (Å²) in [6, 6.07) is 18.6. The standard InChI is InChI=1S/C18H15N3O/c1-3-7-14-12(5-1)9-17-16(19-14)11-18(21-22-17)10-13-6-2-4-8-15(13)20-18/h1-9,20-21H,10-11H2. The number of hydroxylamine groups is 1. The molecule has 0 saturated carbocycles. The number of nitrogens with one attached hydrogen (secondary N) is 2. The van der Waals surface area contributed by atoms with E-state index in [1.54, 1.807) is 0 Å². The zero-order valence-corrected chi connectivity index (χ0v) is 12.0. The maximum Gasteiger partial charge on any atom is 0.169 e. The van der Waals surface area contributed by atoms with Crippen LogP contribution in [0.1, 0.15) is 11.3 Å². The Morgan fingerprint density at radius 3 is 2.82 bits per heavy atom. The number of rotatable bonds is 0. The maximum absolute atomic E-state index is 5.83. The van der Waals surface area contributed by atoms with Crippen molar-refractivity contribution in [2.75, 3.05) is 5.32 Å². The first-order chi connectivity index (χ1) is 10.8. The minimum atomic E-state index is -0.299. The van der Waals surface area contributed by atoms with Crippen molar-refractivity contribution in [2.24, 2.45) is 0 Å². The van der Waals surface area contributed by atoms with Gasteiger partial charge in [0.15, 0.2) is 5.75 Å². The van der Waals surface area contributed by atoms with Gasteiger partial charge in [-0.25, -0.2) is 4.98 Å². The maximum atomic E-state index is 5.83. The third kappa shape index (κ3) is 1.71. The van der Waals surface area contributed by atoms with Gasteiger partial charge in [0.1, 0.15) is 5.66 Å². The topological polar surface area (TPSA) is 46.2 Å². The van der Waals surface area contributed by atoms with Crippen LogP contribution in [0.3, 0.4) is 0 Å². The predicted octanol–water partition coefficient (Wildman–Crippen LogP) is 3.04. The molecule has 3 aromatic rings. The largest absolute Gasteiger partial charge is 0.404 e. The molecule has 2 N–H and O–H groups in total. The first kappa shape index (κ1) is 12.0. The Morgan fingerprint density at radius 2 is 1.86 bits per heavy atom. The van der Waals surface area contributed by atoms with Crippen LogP contribution < -0.4 is 15.6 Å². The van der Waals surface area contributed by atoms with Crippen molar-refractivity contribution in [1.29, 1.82) is 0 Å². The van der Waals surface area contributed by atoms with Gasteiger partial charge in [0, 0.05) is 23.9 Å². The van der Waals surface area contributed by atoms with Gasteiger partial charge in [0.25, 0.3) is 0 Å². The number of benzene rings is 2. The number of pyridine rings is 1. The number of nitrogens with zero attached hydrogens (tertiary/aromatic N) is 1. The summed E-state index contributed by atoms with van der Waals surface area (Å²) in [4.78, 5) is 10.6. The number of fused-ring (bicyclic) bond motifs is 3. The average molecular weight is 289 g/mol. The molecule has 0 bridgehead atoms. The molecule has 2 aliphatic heterocycles. The molecule has 0 radical (unpaired) electrons. The SMILES string of the molecule is c1ccc2c(c1)CC1(Cc3nc4ccccc4cc3ON1)N2. The van der Waals surface area contributed by atoms with Crippen LogP contribution >= 0.6 is 0 Å². The van der Waals surface area contributed by atoms with E-state index < -0.39 is 0 Å². The molecule has 2 aliphatic rings. The predicted molar refractivity (Wildman–Crippen MR) is 85.7 cm³/mol. The van der Waals surface area contributed by atoms with E-state index >= 15 is 0 Å². The van der Waals surface area contributed by atoms with E-state index in [1.807, 2.05) is 24.3 Å². The molecule has 1 atom stereocenters. The molecule has 3 heterocycles. The highest BCUT2D eigenvalue weighted by atomic mass is 16.7. The van der Waals surface area contributed by atoms with Crippen molar-refractivity contribution in [3.05, 3.63) is 65.9 Å². The van der Waals surface area contributed by atoms with E-state index in [0.717, 1.165) is 35.2 Å². The van der Waals surface area contributed by atoms with Crippen LogP contribution in [-0.2, 0) is 12.8 Å².